The Morgan fingerprint density at radius 1 is 1.43 bits per heavy atom. The Kier molecular flexibility index (Phi) is 2.74. The maximum atomic E-state index is 11.8. The Bertz CT molecular complexity index is 773. The zero-order valence-electron chi connectivity index (χ0n) is 11.4. The number of benzene rings is 1. The van der Waals surface area contributed by atoms with Gasteiger partial charge in [0, 0.05) is 46.4 Å². The Hall–Kier alpha value is -2.30. The summed E-state index contributed by atoms with van der Waals surface area (Å²) in [5.41, 5.74) is 12.2. The van der Waals surface area contributed by atoms with E-state index in [9.17, 15) is 4.79 Å². The largest absolute Gasteiger partial charge is 0.361 e. The van der Waals surface area contributed by atoms with E-state index in [1.165, 1.54) is 16.5 Å². The summed E-state index contributed by atoms with van der Waals surface area (Å²) in [5.74, 6) is -0.276. The number of azide groups is 1. The fourth-order valence-electron chi connectivity index (χ4n) is 3.85. The molecule has 21 heavy (non-hydrogen) atoms. The lowest BCUT2D eigenvalue weighted by Gasteiger charge is -2.39. The minimum absolute atomic E-state index is 0.224. The summed E-state index contributed by atoms with van der Waals surface area (Å²) in [4.78, 5) is 17.8. The minimum atomic E-state index is -0.351. The highest BCUT2D eigenvalue weighted by atomic mass is 16.1. The monoisotopic (exact) mass is 281 g/mol. The molecule has 1 aromatic heterocycles. The van der Waals surface area contributed by atoms with Gasteiger partial charge in [0.2, 0.25) is 5.91 Å². The molecule has 1 amide bonds. The standard InChI is InChI=1S/C15H15N5O/c16-20-19-15(21)9-4-11-10-2-1-3-12-14(10)8(6-17-12)5-13(11)18-7-9/h1-3,6,9,11,13,17-18H,4-5,7H2/t9-,11?,13+/m0/s1. The van der Waals surface area contributed by atoms with Gasteiger partial charge in [-0.1, -0.05) is 12.1 Å². The van der Waals surface area contributed by atoms with Crippen LogP contribution in [-0.4, -0.2) is 23.5 Å². The number of carbonyl (C=O) groups is 1. The van der Waals surface area contributed by atoms with Crippen molar-refractivity contribution in [1.82, 2.24) is 10.3 Å². The van der Waals surface area contributed by atoms with Crippen molar-refractivity contribution in [2.24, 2.45) is 11.0 Å². The Labute approximate surface area is 121 Å². The van der Waals surface area contributed by atoms with Crippen LogP contribution in [0.4, 0.5) is 0 Å². The minimum Gasteiger partial charge on any atom is -0.361 e. The van der Waals surface area contributed by atoms with Gasteiger partial charge in [-0.05, 0) is 40.7 Å². The number of fused-ring (bicyclic) bond motifs is 2. The first-order valence-electron chi connectivity index (χ1n) is 7.19. The van der Waals surface area contributed by atoms with E-state index in [-0.39, 0.29) is 11.8 Å². The van der Waals surface area contributed by atoms with E-state index >= 15 is 0 Å². The van der Waals surface area contributed by atoms with Crippen molar-refractivity contribution in [3.05, 3.63) is 46.0 Å². The van der Waals surface area contributed by atoms with Crippen molar-refractivity contribution in [2.45, 2.75) is 24.8 Å². The van der Waals surface area contributed by atoms with Gasteiger partial charge in [-0.3, -0.25) is 4.79 Å². The predicted molar refractivity (Wildman–Crippen MR) is 78.8 cm³/mol. The van der Waals surface area contributed by atoms with Crippen molar-refractivity contribution in [1.29, 1.82) is 0 Å². The SMILES string of the molecule is [N-]=[N+]=NC(=O)[C@@H]1CN[C@@H]2Cc3c[nH]c4cccc(c34)C2C1. The molecule has 1 aliphatic heterocycles. The molecule has 1 aromatic carbocycles. The predicted octanol–water partition coefficient (Wildman–Crippen LogP) is 2.62. The molecule has 106 valence electrons. The molecular formula is C15H15N5O. The topological polar surface area (TPSA) is 93.7 Å². The molecule has 1 aliphatic carbocycles. The number of nitrogens with one attached hydrogen (secondary N) is 2. The number of aromatic amines is 1. The van der Waals surface area contributed by atoms with Crippen molar-refractivity contribution in [3.8, 4) is 0 Å². The molecule has 6 nitrogen and oxygen atoms in total. The number of piperidine rings is 1. The molecule has 1 fully saturated rings. The third-order valence-electron chi connectivity index (χ3n) is 4.80. The first-order chi connectivity index (χ1) is 10.3. The molecule has 0 saturated carbocycles. The van der Waals surface area contributed by atoms with Crippen LogP contribution in [-0.2, 0) is 11.2 Å². The highest BCUT2D eigenvalue weighted by molar-refractivity contribution is 5.88. The quantitative estimate of drug-likeness (QED) is 0.477. The van der Waals surface area contributed by atoms with E-state index in [1.54, 1.807) is 0 Å². The van der Waals surface area contributed by atoms with Crippen LogP contribution in [0, 0.1) is 5.92 Å². The van der Waals surface area contributed by atoms with Crippen molar-refractivity contribution in [2.75, 3.05) is 6.54 Å². The van der Waals surface area contributed by atoms with E-state index in [1.807, 2.05) is 0 Å². The van der Waals surface area contributed by atoms with Crippen molar-refractivity contribution >= 4 is 16.8 Å². The van der Waals surface area contributed by atoms with Gasteiger partial charge >= 0.3 is 0 Å². The van der Waals surface area contributed by atoms with Crippen LogP contribution in [0.1, 0.15) is 23.5 Å². The fraction of sp³-hybridized carbons (Fsp3) is 0.400. The summed E-state index contributed by atoms with van der Waals surface area (Å²) in [6.45, 7) is 0.592. The van der Waals surface area contributed by atoms with Crippen LogP contribution in [0.25, 0.3) is 21.3 Å². The van der Waals surface area contributed by atoms with Gasteiger partial charge in [-0.25, -0.2) is 0 Å². The van der Waals surface area contributed by atoms with Gasteiger partial charge < -0.3 is 10.3 Å². The number of H-pyrrole nitrogens is 1. The molecule has 0 bridgehead atoms. The lowest BCUT2D eigenvalue weighted by molar-refractivity contribution is -0.122. The molecule has 0 radical (unpaired) electrons. The molecule has 1 saturated heterocycles. The third-order valence-corrected chi connectivity index (χ3v) is 4.80. The van der Waals surface area contributed by atoms with Gasteiger partial charge in [0.25, 0.3) is 0 Å². The number of hydrogen-bond acceptors (Lipinski definition) is 2. The third kappa shape index (κ3) is 1.84. The highest BCUT2D eigenvalue weighted by Crippen LogP contribution is 2.41. The molecule has 4 rings (SSSR count). The van der Waals surface area contributed by atoms with Crippen molar-refractivity contribution < 1.29 is 4.79 Å². The maximum absolute atomic E-state index is 11.8. The molecule has 1 unspecified atom stereocenters. The molecular weight excluding hydrogens is 266 g/mol. The number of nitrogens with zero attached hydrogens (tertiary/aromatic N) is 3. The fourth-order valence-corrected chi connectivity index (χ4v) is 3.85. The molecule has 2 heterocycles. The van der Waals surface area contributed by atoms with E-state index in [4.69, 9.17) is 5.53 Å². The van der Waals surface area contributed by atoms with Crippen LogP contribution in [0.5, 0.6) is 0 Å². The van der Waals surface area contributed by atoms with Crippen LogP contribution >= 0.6 is 0 Å². The van der Waals surface area contributed by atoms with E-state index < -0.39 is 0 Å². The number of aromatic nitrogens is 1. The zero-order valence-corrected chi connectivity index (χ0v) is 11.4. The first kappa shape index (κ1) is 12.4. The van der Waals surface area contributed by atoms with Gasteiger partial charge in [-0.15, -0.1) is 0 Å². The van der Waals surface area contributed by atoms with E-state index in [0.29, 0.717) is 18.5 Å². The second kappa shape index (κ2) is 4.62. The molecule has 2 N–H and O–H groups in total. The average Bonchev–Trinajstić information content (AvgIpc) is 2.92. The summed E-state index contributed by atoms with van der Waals surface area (Å²) < 4.78 is 0. The maximum Gasteiger partial charge on any atom is 0.223 e. The lowest BCUT2D eigenvalue weighted by Crippen LogP contribution is -2.48. The van der Waals surface area contributed by atoms with Gasteiger partial charge in [0.1, 0.15) is 0 Å². The average molecular weight is 281 g/mol. The number of carbonyl (C=O) groups excluding carboxylic acids is 1. The van der Waals surface area contributed by atoms with Gasteiger partial charge in [0.05, 0.1) is 0 Å². The molecule has 0 spiro atoms. The number of amides is 1. The zero-order chi connectivity index (χ0) is 14.4. The number of rotatable bonds is 1. The Morgan fingerprint density at radius 3 is 3.19 bits per heavy atom. The van der Waals surface area contributed by atoms with Gasteiger partial charge in [-0.2, -0.15) is 0 Å². The van der Waals surface area contributed by atoms with Crippen LogP contribution in [0.15, 0.2) is 29.5 Å². The summed E-state index contributed by atoms with van der Waals surface area (Å²) >= 11 is 0. The molecule has 6 heteroatoms. The van der Waals surface area contributed by atoms with Crippen LogP contribution in [0.3, 0.4) is 0 Å². The molecule has 2 aromatic rings. The Morgan fingerprint density at radius 2 is 2.33 bits per heavy atom. The Balaban J connectivity index is 1.74. The van der Waals surface area contributed by atoms with Gasteiger partial charge in [0.15, 0.2) is 0 Å². The summed E-state index contributed by atoms with van der Waals surface area (Å²) in [7, 11) is 0. The van der Waals surface area contributed by atoms with Crippen LogP contribution < -0.4 is 5.32 Å². The molecule has 2 aliphatic rings. The summed E-state index contributed by atoms with van der Waals surface area (Å²) in [6.07, 6.45) is 3.81. The number of hydrogen-bond donors (Lipinski definition) is 2. The smallest absolute Gasteiger partial charge is 0.223 e. The normalized spacial score (nSPS) is 27.0. The summed E-state index contributed by atoms with van der Waals surface area (Å²) in [5, 5.41) is 8.03. The van der Waals surface area contributed by atoms with Crippen LogP contribution in [0.2, 0.25) is 0 Å². The highest BCUT2D eigenvalue weighted by Gasteiger charge is 2.38. The lowest BCUT2D eigenvalue weighted by atomic mass is 9.73. The van der Waals surface area contributed by atoms with E-state index in [0.717, 1.165) is 18.4 Å². The van der Waals surface area contributed by atoms with E-state index in [2.05, 4.69) is 44.7 Å². The second-order valence-corrected chi connectivity index (χ2v) is 5.87. The molecule has 3 atom stereocenters. The van der Waals surface area contributed by atoms with Crippen molar-refractivity contribution in [3.63, 3.8) is 0 Å². The summed E-state index contributed by atoms with van der Waals surface area (Å²) in [6, 6.07) is 6.65. The first-order valence-corrected chi connectivity index (χ1v) is 7.19. The second-order valence-electron chi connectivity index (χ2n) is 5.87.